The van der Waals surface area contributed by atoms with Crippen molar-refractivity contribution in [3.8, 4) is 0 Å². The summed E-state index contributed by atoms with van der Waals surface area (Å²) in [5, 5.41) is 11.5. The number of nitro benzene ring substituents is 1. The normalized spacial score (nSPS) is 12.0. The Morgan fingerprint density at radius 3 is 2.64 bits per heavy atom. The molecule has 3 N–H and O–H groups in total. The first-order chi connectivity index (χ1) is 15.8. The number of fused-ring (bicyclic) bond motifs is 1. The molecule has 0 spiro atoms. The largest absolute Gasteiger partial charge is 0.330 e. The molecule has 1 heterocycles. The topological polar surface area (TPSA) is 135 Å². The zero-order chi connectivity index (χ0) is 24.0. The highest BCUT2D eigenvalue weighted by Crippen LogP contribution is 2.27. The van der Waals surface area contributed by atoms with E-state index in [4.69, 9.17) is 17.3 Å². The number of nitrogens with two attached hydrogens (primary N) is 1. The fourth-order valence-corrected chi connectivity index (χ4v) is 3.90. The molecule has 0 radical (unpaired) electrons. The minimum absolute atomic E-state index is 0.00510. The SMILES string of the molecule is CC(c1nc2ccccc2c(=O)[nH]1)N(CCCCCCN)C(=O)c1ccc([N+](=O)[O-])cc1Cl. The van der Waals surface area contributed by atoms with Gasteiger partial charge in [0.15, 0.2) is 0 Å². The minimum Gasteiger partial charge on any atom is -0.330 e. The second kappa shape index (κ2) is 11.0. The lowest BCUT2D eigenvalue weighted by molar-refractivity contribution is -0.384. The van der Waals surface area contributed by atoms with Crippen molar-refractivity contribution in [1.82, 2.24) is 14.9 Å². The highest BCUT2D eigenvalue weighted by Gasteiger charge is 2.27. The Kier molecular flexibility index (Phi) is 8.13. The summed E-state index contributed by atoms with van der Waals surface area (Å²) in [5.74, 6) is -0.0379. The van der Waals surface area contributed by atoms with Gasteiger partial charge in [-0.3, -0.25) is 19.7 Å². The van der Waals surface area contributed by atoms with Gasteiger partial charge in [-0.15, -0.1) is 0 Å². The fraction of sp³-hybridized carbons (Fsp3) is 0.348. The number of carbonyl (C=O) groups excluding carboxylic acids is 1. The molecule has 0 saturated heterocycles. The van der Waals surface area contributed by atoms with E-state index in [9.17, 15) is 19.7 Å². The standard InChI is InChI=1S/C23H26ClN5O4/c1-15(21-26-20-9-5-4-8-18(20)22(30)27-21)28(13-7-3-2-6-12-25)23(31)17-11-10-16(29(32)33)14-19(17)24/h4-5,8-11,14-15H,2-3,6-7,12-13,25H2,1H3,(H,26,27,30). The molecule has 9 nitrogen and oxygen atoms in total. The number of non-ortho nitro benzene ring substituents is 1. The van der Waals surface area contributed by atoms with Crippen LogP contribution in [0.3, 0.4) is 0 Å². The summed E-state index contributed by atoms with van der Waals surface area (Å²) in [6.07, 6.45) is 3.44. The van der Waals surface area contributed by atoms with Crippen LogP contribution in [-0.4, -0.2) is 38.8 Å². The molecule has 3 aromatic rings. The van der Waals surface area contributed by atoms with Crippen molar-refractivity contribution in [2.75, 3.05) is 13.1 Å². The molecule has 1 unspecified atom stereocenters. The number of carbonyl (C=O) groups is 1. The predicted octanol–water partition coefficient (Wildman–Crippen LogP) is 4.21. The Balaban J connectivity index is 1.94. The van der Waals surface area contributed by atoms with Gasteiger partial charge < -0.3 is 15.6 Å². The lowest BCUT2D eigenvalue weighted by Crippen LogP contribution is -2.36. The molecule has 1 aromatic heterocycles. The van der Waals surface area contributed by atoms with Crippen molar-refractivity contribution in [2.24, 2.45) is 5.73 Å². The number of H-pyrrole nitrogens is 1. The van der Waals surface area contributed by atoms with Crippen LogP contribution in [0.25, 0.3) is 10.9 Å². The number of nitro groups is 1. The van der Waals surface area contributed by atoms with Gasteiger partial charge in [-0.1, -0.05) is 36.6 Å². The Morgan fingerprint density at radius 2 is 1.94 bits per heavy atom. The summed E-state index contributed by atoms with van der Waals surface area (Å²) < 4.78 is 0. The third-order valence-corrected chi connectivity index (χ3v) is 5.82. The number of unbranched alkanes of at least 4 members (excludes halogenated alkanes) is 3. The van der Waals surface area contributed by atoms with Gasteiger partial charge in [0.25, 0.3) is 17.2 Å². The molecule has 3 rings (SSSR count). The van der Waals surface area contributed by atoms with Crippen LogP contribution in [0.15, 0.2) is 47.3 Å². The fourth-order valence-electron chi connectivity index (χ4n) is 3.65. The molecule has 33 heavy (non-hydrogen) atoms. The molecule has 0 aliphatic rings. The Morgan fingerprint density at radius 1 is 1.21 bits per heavy atom. The van der Waals surface area contributed by atoms with E-state index in [1.165, 1.54) is 12.1 Å². The van der Waals surface area contributed by atoms with Gasteiger partial charge in [-0.25, -0.2) is 4.98 Å². The van der Waals surface area contributed by atoms with Crippen LogP contribution >= 0.6 is 11.6 Å². The van der Waals surface area contributed by atoms with Crippen LogP contribution in [0.4, 0.5) is 5.69 Å². The van der Waals surface area contributed by atoms with Crippen LogP contribution in [-0.2, 0) is 0 Å². The van der Waals surface area contributed by atoms with Crippen molar-refractivity contribution in [1.29, 1.82) is 0 Å². The van der Waals surface area contributed by atoms with E-state index in [1.807, 2.05) is 0 Å². The van der Waals surface area contributed by atoms with Crippen LogP contribution in [0.5, 0.6) is 0 Å². The number of hydrogen-bond donors (Lipinski definition) is 2. The van der Waals surface area contributed by atoms with E-state index in [-0.39, 0.29) is 21.8 Å². The van der Waals surface area contributed by atoms with Gasteiger partial charge in [0.1, 0.15) is 5.82 Å². The first-order valence-electron chi connectivity index (χ1n) is 10.8. The average molecular weight is 472 g/mol. The van der Waals surface area contributed by atoms with E-state index in [1.54, 1.807) is 36.1 Å². The lowest BCUT2D eigenvalue weighted by Gasteiger charge is -2.29. The van der Waals surface area contributed by atoms with Crippen LogP contribution in [0.1, 0.15) is 54.8 Å². The number of nitrogens with zero attached hydrogens (tertiary/aromatic N) is 3. The van der Waals surface area contributed by atoms with E-state index >= 15 is 0 Å². The van der Waals surface area contributed by atoms with Crippen LogP contribution in [0.2, 0.25) is 5.02 Å². The monoisotopic (exact) mass is 471 g/mol. The van der Waals surface area contributed by atoms with Crippen LogP contribution in [0, 0.1) is 10.1 Å². The summed E-state index contributed by atoms with van der Waals surface area (Å²) in [6.45, 7) is 2.79. The average Bonchev–Trinajstić information content (AvgIpc) is 2.80. The number of benzene rings is 2. The number of amides is 1. The molecular weight excluding hydrogens is 446 g/mol. The summed E-state index contributed by atoms with van der Waals surface area (Å²) in [7, 11) is 0. The zero-order valence-electron chi connectivity index (χ0n) is 18.3. The highest BCUT2D eigenvalue weighted by atomic mass is 35.5. The maximum absolute atomic E-state index is 13.5. The quantitative estimate of drug-likeness (QED) is 0.258. The van der Waals surface area contributed by atoms with Crippen molar-refractivity contribution in [2.45, 2.75) is 38.6 Å². The molecule has 0 aliphatic carbocycles. The second-order valence-corrected chi connectivity index (χ2v) is 8.17. The second-order valence-electron chi connectivity index (χ2n) is 7.77. The van der Waals surface area contributed by atoms with Crippen molar-refractivity contribution < 1.29 is 9.72 Å². The summed E-state index contributed by atoms with van der Waals surface area (Å²) in [5.41, 5.74) is 5.76. The van der Waals surface area contributed by atoms with E-state index in [0.29, 0.717) is 29.8 Å². The summed E-state index contributed by atoms with van der Waals surface area (Å²) in [6, 6.07) is 10.2. The molecule has 1 amide bonds. The highest BCUT2D eigenvalue weighted by molar-refractivity contribution is 6.34. The number of nitrogens with one attached hydrogen (secondary N) is 1. The molecule has 1 atom stereocenters. The van der Waals surface area contributed by atoms with Gasteiger partial charge in [-0.2, -0.15) is 0 Å². The molecule has 0 bridgehead atoms. The number of aromatic nitrogens is 2. The van der Waals surface area contributed by atoms with E-state index in [0.717, 1.165) is 31.7 Å². The number of aromatic amines is 1. The predicted molar refractivity (Wildman–Crippen MR) is 127 cm³/mol. The Labute approximate surface area is 195 Å². The first-order valence-corrected chi connectivity index (χ1v) is 11.1. The molecule has 10 heteroatoms. The van der Waals surface area contributed by atoms with E-state index < -0.39 is 16.9 Å². The molecule has 0 fully saturated rings. The van der Waals surface area contributed by atoms with E-state index in [2.05, 4.69) is 9.97 Å². The van der Waals surface area contributed by atoms with Crippen molar-refractivity contribution in [3.63, 3.8) is 0 Å². The van der Waals surface area contributed by atoms with Gasteiger partial charge in [-0.05, 0) is 44.5 Å². The molecule has 174 valence electrons. The van der Waals surface area contributed by atoms with Gasteiger partial charge in [0.05, 0.1) is 32.5 Å². The Hall–Kier alpha value is -3.30. The third kappa shape index (κ3) is 5.74. The molecule has 0 saturated carbocycles. The number of hydrogen-bond acceptors (Lipinski definition) is 6. The molecule has 0 aliphatic heterocycles. The molecule has 2 aromatic carbocycles. The van der Waals surface area contributed by atoms with Crippen molar-refractivity contribution in [3.05, 3.63) is 79.3 Å². The van der Waals surface area contributed by atoms with Gasteiger partial charge in [0, 0.05) is 18.7 Å². The van der Waals surface area contributed by atoms with Crippen molar-refractivity contribution >= 4 is 34.1 Å². The van der Waals surface area contributed by atoms with Crippen LogP contribution < -0.4 is 11.3 Å². The maximum atomic E-state index is 13.5. The molecular formula is C23H26ClN5O4. The smallest absolute Gasteiger partial charge is 0.270 e. The number of halogens is 1. The van der Waals surface area contributed by atoms with Gasteiger partial charge in [0.2, 0.25) is 0 Å². The summed E-state index contributed by atoms with van der Waals surface area (Å²) >= 11 is 6.23. The Bertz CT molecular complexity index is 1210. The zero-order valence-corrected chi connectivity index (χ0v) is 19.0. The maximum Gasteiger partial charge on any atom is 0.270 e. The summed E-state index contributed by atoms with van der Waals surface area (Å²) in [4.78, 5) is 45.4. The lowest BCUT2D eigenvalue weighted by atomic mass is 10.1. The first kappa shape index (κ1) is 24.3. The van der Waals surface area contributed by atoms with Gasteiger partial charge >= 0.3 is 0 Å². The third-order valence-electron chi connectivity index (χ3n) is 5.50. The number of para-hydroxylation sites is 1. The number of rotatable bonds is 10. The minimum atomic E-state index is -0.568.